The lowest BCUT2D eigenvalue weighted by molar-refractivity contribution is -0.132. The van der Waals surface area contributed by atoms with E-state index in [0.717, 1.165) is 6.42 Å². The van der Waals surface area contributed by atoms with Crippen LogP contribution in [0.4, 0.5) is 0 Å². The number of hydrogen-bond donors (Lipinski definition) is 2. The van der Waals surface area contributed by atoms with Crippen LogP contribution in [-0.4, -0.2) is 45.5 Å². The minimum atomic E-state index is -0.544. The highest BCUT2D eigenvalue weighted by atomic mass is 16.5. The van der Waals surface area contributed by atoms with E-state index >= 15 is 0 Å². The van der Waals surface area contributed by atoms with Crippen LogP contribution in [0.2, 0.25) is 0 Å². The van der Waals surface area contributed by atoms with Gasteiger partial charge < -0.3 is 14.2 Å². The van der Waals surface area contributed by atoms with E-state index in [2.05, 4.69) is 0 Å². The number of amides is 1. The van der Waals surface area contributed by atoms with Crippen LogP contribution < -0.4 is 11.3 Å². The largest absolute Gasteiger partial charge is 0.385 e. The maximum absolute atomic E-state index is 10.9. The minimum absolute atomic E-state index is 0.339. The Morgan fingerprint density at radius 1 is 1.33 bits per heavy atom. The van der Waals surface area contributed by atoms with Gasteiger partial charge in [0.15, 0.2) is 0 Å². The fourth-order valence-electron chi connectivity index (χ4n) is 0.884. The predicted octanol–water partition coefficient (Wildman–Crippen LogP) is -0.565. The topological polar surface area (TPSA) is 82.8 Å². The number of hydrogen-bond acceptors (Lipinski definition) is 5. The van der Waals surface area contributed by atoms with E-state index in [1.807, 2.05) is 5.43 Å². The van der Waals surface area contributed by atoms with E-state index in [0.29, 0.717) is 26.4 Å². The van der Waals surface area contributed by atoms with Crippen LogP contribution in [-0.2, 0) is 19.0 Å². The van der Waals surface area contributed by atoms with Crippen molar-refractivity contribution in [1.29, 1.82) is 0 Å². The Balaban J connectivity index is 3.20. The third kappa shape index (κ3) is 8.31. The van der Waals surface area contributed by atoms with E-state index in [1.165, 1.54) is 0 Å². The molecule has 0 aliphatic heterocycles. The summed E-state index contributed by atoms with van der Waals surface area (Å²) in [5.41, 5.74) is 2.01. The van der Waals surface area contributed by atoms with E-state index < -0.39 is 6.10 Å². The zero-order valence-electron chi connectivity index (χ0n) is 9.32. The summed E-state index contributed by atoms with van der Waals surface area (Å²) in [5, 5.41) is 0. The monoisotopic (exact) mass is 220 g/mol. The molecule has 0 radical (unpaired) electrons. The summed E-state index contributed by atoms with van der Waals surface area (Å²) in [6.07, 6.45) is 0.313. The molecule has 1 unspecified atom stereocenters. The molecule has 0 aliphatic carbocycles. The predicted molar refractivity (Wildman–Crippen MR) is 55.1 cm³/mol. The molecule has 6 heteroatoms. The van der Waals surface area contributed by atoms with Gasteiger partial charge in [0.1, 0.15) is 6.10 Å². The summed E-state index contributed by atoms with van der Waals surface area (Å²) in [6, 6.07) is 0. The Morgan fingerprint density at radius 3 is 2.67 bits per heavy atom. The Bertz CT molecular complexity index is 166. The van der Waals surface area contributed by atoms with Crippen LogP contribution in [0.5, 0.6) is 0 Å². The normalized spacial score (nSPS) is 12.5. The molecule has 15 heavy (non-hydrogen) atoms. The highest BCUT2D eigenvalue weighted by Crippen LogP contribution is 1.90. The van der Waals surface area contributed by atoms with Crippen LogP contribution in [0.1, 0.15) is 13.3 Å². The van der Waals surface area contributed by atoms with Crippen molar-refractivity contribution >= 4 is 5.91 Å². The molecule has 0 heterocycles. The number of methoxy groups -OCH3 is 1. The standard InChI is InChI=1S/C9H20N2O4/c1-8(9(12)11-10)15-7-6-14-5-3-4-13-2/h8H,3-7,10H2,1-2H3,(H,11,12). The second kappa shape index (κ2) is 9.85. The Kier molecular flexibility index (Phi) is 9.40. The first kappa shape index (κ1) is 14.3. The van der Waals surface area contributed by atoms with E-state index in [1.54, 1.807) is 14.0 Å². The van der Waals surface area contributed by atoms with Gasteiger partial charge in [0.05, 0.1) is 13.2 Å². The average Bonchev–Trinajstić information content (AvgIpc) is 2.26. The molecule has 0 saturated heterocycles. The Morgan fingerprint density at radius 2 is 2.07 bits per heavy atom. The molecular weight excluding hydrogens is 200 g/mol. The first-order valence-corrected chi connectivity index (χ1v) is 4.91. The van der Waals surface area contributed by atoms with E-state index in [-0.39, 0.29) is 5.91 Å². The van der Waals surface area contributed by atoms with Crippen LogP contribution >= 0.6 is 0 Å². The van der Waals surface area contributed by atoms with Gasteiger partial charge >= 0.3 is 0 Å². The second-order valence-electron chi connectivity index (χ2n) is 2.98. The summed E-state index contributed by atoms with van der Waals surface area (Å²) in [4.78, 5) is 10.9. The average molecular weight is 220 g/mol. The summed E-state index contributed by atoms with van der Waals surface area (Å²) in [7, 11) is 1.65. The van der Waals surface area contributed by atoms with Crippen molar-refractivity contribution < 1.29 is 19.0 Å². The molecule has 6 nitrogen and oxygen atoms in total. The number of nitrogens with two attached hydrogens (primary N) is 1. The maximum Gasteiger partial charge on any atom is 0.262 e. The second-order valence-corrected chi connectivity index (χ2v) is 2.98. The zero-order chi connectivity index (χ0) is 11.5. The first-order chi connectivity index (χ1) is 7.22. The highest BCUT2D eigenvalue weighted by molar-refractivity contribution is 5.79. The molecular formula is C9H20N2O4. The molecule has 0 saturated carbocycles. The lowest BCUT2D eigenvalue weighted by Crippen LogP contribution is -2.39. The quantitative estimate of drug-likeness (QED) is 0.235. The molecule has 0 bridgehead atoms. The highest BCUT2D eigenvalue weighted by Gasteiger charge is 2.10. The van der Waals surface area contributed by atoms with Crippen molar-refractivity contribution in [3.05, 3.63) is 0 Å². The summed E-state index contributed by atoms with van der Waals surface area (Å²) < 4.78 is 15.2. The fraction of sp³-hybridized carbons (Fsp3) is 0.889. The van der Waals surface area contributed by atoms with Crippen molar-refractivity contribution in [1.82, 2.24) is 5.43 Å². The Labute approximate surface area is 90.0 Å². The van der Waals surface area contributed by atoms with Gasteiger partial charge in [-0.15, -0.1) is 0 Å². The van der Waals surface area contributed by atoms with Gasteiger partial charge in [-0.25, -0.2) is 5.84 Å². The van der Waals surface area contributed by atoms with Crippen LogP contribution in [0.15, 0.2) is 0 Å². The molecule has 90 valence electrons. The minimum Gasteiger partial charge on any atom is -0.385 e. The summed E-state index contributed by atoms with van der Waals surface area (Å²) in [6.45, 7) is 3.79. The molecule has 0 aromatic heterocycles. The van der Waals surface area contributed by atoms with Crippen molar-refractivity contribution in [2.75, 3.05) is 33.5 Å². The lowest BCUT2D eigenvalue weighted by atomic mass is 10.4. The third-order valence-electron chi connectivity index (χ3n) is 1.74. The van der Waals surface area contributed by atoms with Gasteiger partial charge in [0.2, 0.25) is 0 Å². The molecule has 0 aromatic rings. The number of ether oxygens (including phenoxy) is 3. The molecule has 0 rings (SSSR count). The number of carbonyl (C=O) groups excluding carboxylic acids is 1. The van der Waals surface area contributed by atoms with Gasteiger partial charge in [-0.3, -0.25) is 10.2 Å². The van der Waals surface area contributed by atoms with Crippen LogP contribution in [0.25, 0.3) is 0 Å². The van der Waals surface area contributed by atoms with Crippen molar-refractivity contribution in [3.8, 4) is 0 Å². The Hall–Kier alpha value is -0.690. The van der Waals surface area contributed by atoms with Gasteiger partial charge in [-0.2, -0.15) is 0 Å². The first-order valence-electron chi connectivity index (χ1n) is 4.91. The van der Waals surface area contributed by atoms with Gasteiger partial charge in [0, 0.05) is 20.3 Å². The van der Waals surface area contributed by atoms with E-state index in [9.17, 15) is 4.79 Å². The molecule has 0 fully saturated rings. The number of nitrogens with one attached hydrogen (secondary N) is 1. The lowest BCUT2D eigenvalue weighted by Gasteiger charge is -2.11. The zero-order valence-corrected chi connectivity index (χ0v) is 9.32. The van der Waals surface area contributed by atoms with E-state index in [4.69, 9.17) is 20.1 Å². The molecule has 0 aliphatic rings. The maximum atomic E-state index is 10.9. The van der Waals surface area contributed by atoms with Crippen LogP contribution in [0.3, 0.4) is 0 Å². The number of hydrazine groups is 1. The number of rotatable bonds is 9. The van der Waals surface area contributed by atoms with Crippen molar-refractivity contribution in [2.24, 2.45) is 5.84 Å². The summed E-state index contributed by atoms with van der Waals surface area (Å²) in [5.74, 6) is 4.60. The van der Waals surface area contributed by atoms with Crippen molar-refractivity contribution in [2.45, 2.75) is 19.4 Å². The van der Waals surface area contributed by atoms with Crippen molar-refractivity contribution in [3.63, 3.8) is 0 Å². The SMILES string of the molecule is COCCCOCCOC(C)C(=O)NN. The number of carbonyl (C=O) groups is 1. The van der Waals surface area contributed by atoms with Gasteiger partial charge in [0.25, 0.3) is 5.91 Å². The molecule has 1 atom stereocenters. The smallest absolute Gasteiger partial charge is 0.262 e. The van der Waals surface area contributed by atoms with Gasteiger partial charge in [-0.1, -0.05) is 0 Å². The third-order valence-corrected chi connectivity index (χ3v) is 1.74. The fourth-order valence-corrected chi connectivity index (χ4v) is 0.884. The van der Waals surface area contributed by atoms with Crippen LogP contribution in [0, 0.1) is 0 Å². The summed E-state index contributed by atoms with van der Waals surface area (Å²) >= 11 is 0. The molecule has 1 amide bonds. The van der Waals surface area contributed by atoms with Gasteiger partial charge in [-0.05, 0) is 13.3 Å². The molecule has 0 spiro atoms. The molecule has 3 N–H and O–H groups in total. The molecule has 0 aromatic carbocycles.